The summed E-state index contributed by atoms with van der Waals surface area (Å²) >= 11 is 0. The monoisotopic (exact) mass is 251 g/mol. The predicted molar refractivity (Wildman–Crippen MR) is 72.5 cm³/mol. The molecule has 0 aromatic carbocycles. The summed E-state index contributed by atoms with van der Waals surface area (Å²) in [6.07, 6.45) is 6.69. The Bertz CT molecular complexity index is 369. The van der Waals surface area contributed by atoms with E-state index in [-0.39, 0.29) is 11.6 Å². The van der Waals surface area contributed by atoms with Crippen LogP contribution in [-0.2, 0) is 11.3 Å². The molecule has 0 radical (unpaired) electrons. The summed E-state index contributed by atoms with van der Waals surface area (Å²) in [7, 11) is 2.02. The van der Waals surface area contributed by atoms with E-state index in [9.17, 15) is 0 Å². The van der Waals surface area contributed by atoms with Crippen LogP contribution in [0.1, 0.15) is 51.3 Å². The van der Waals surface area contributed by atoms with E-state index >= 15 is 0 Å². The molecule has 1 aromatic heterocycles. The van der Waals surface area contributed by atoms with Crippen LogP contribution in [0, 0.1) is 0 Å². The fraction of sp³-hybridized carbons (Fsp3) is 0.786. The summed E-state index contributed by atoms with van der Waals surface area (Å²) in [5, 5.41) is 7.85. The number of hydrogen-bond acceptors (Lipinski definition) is 3. The van der Waals surface area contributed by atoms with Gasteiger partial charge in [-0.3, -0.25) is 4.68 Å². The first-order valence-electron chi connectivity index (χ1n) is 7.10. The lowest BCUT2D eigenvalue weighted by Crippen LogP contribution is -2.44. The topological polar surface area (TPSA) is 39.1 Å². The third-order valence-corrected chi connectivity index (χ3v) is 4.04. The van der Waals surface area contributed by atoms with Gasteiger partial charge in [0.15, 0.2) is 0 Å². The van der Waals surface area contributed by atoms with Gasteiger partial charge in [-0.1, -0.05) is 12.8 Å². The minimum atomic E-state index is -0.0452. The van der Waals surface area contributed by atoms with E-state index < -0.39 is 0 Å². The molecular formula is C14H25N3O. The third-order valence-electron chi connectivity index (χ3n) is 4.04. The lowest BCUT2D eigenvalue weighted by molar-refractivity contribution is -0.0628. The normalized spacial score (nSPS) is 20.2. The highest BCUT2D eigenvalue weighted by Gasteiger charge is 2.43. The molecule has 4 heteroatoms. The summed E-state index contributed by atoms with van der Waals surface area (Å²) in [6.45, 7) is 5.90. The van der Waals surface area contributed by atoms with E-state index in [2.05, 4.69) is 35.0 Å². The number of hydrogen-bond donors (Lipinski definition) is 1. The largest absolute Gasteiger partial charge is 0.373 e. The van der Waals surface area contributed by atoms with E-state index in [4.69, 9.17) is 4.74 Å². The van der Waals surface area contributed by atoms with Gasteiger partial charge >= 0.3 is 0 Å². The van der Waals surface area contributed by atoms with Crippen LogP contribution < -0.4 is 5.32 Å². The standard InChI is InChI=1S/C14H25N3O/c1-4-17-12(8-11-16-17)13(15-3)14(18-5-2)9-6-7-10-14/h8,11,13,15H,4-7,9-10H2,1-3H3. The van der Waals surface area contributed by atoms with E-state index in [0.29, 0.717) is 0 Å². The second kappa shape index (κ2) is 5.85. The minimum Gasteiger partial charge on any atom is -0.373 e. The predicted octanol–water partition coefficient (Wildman–Crippen LogP) is 2.51. The molecule has 1 aliphatic rings. The molecule has 1 saturated carbocycles. The maximum atomic E-state index is 6.16. The summed E-state index contributed by atoms with van der Waals surface area (Å²) in [4.78, 5) is 0. The molecule has 0 aliphatic heterocycles. The molecular weight excluding hydrogens is 226 g/mol. The minimum absolute atomic E-state index is 0.0452. The molecule has 1 atom stereocenters. The molecule has 0 amide bonds. The Labute approximate surface area is 110 Å². The van der Waals surface area contributed by atoms with E-state index in [1.807, 2.05) is 13.2 Å². The Morgan fingerprint density at radius 3 is 2.72 bits per heavy atom. The molecule has 2 rings (SSSR count). The molecule has 0 bridgehead atoms. The van der Waals surface area contributed by atoms with Gasteiger partial charge in [0.05, 0.1) is 17.3 Å². The van der Waals surface area contributed by atoms with Crippen LogP contribution in [0.3, 0.4) is 0 Å². The summed E-state index contributed by atoms with van der Waals surface area (Å²) < 4.78 is 8.23. The first kappa shape index (κ1) is 13.6. The Balaban J connectivity index is 2.31. The van der Waals surface area contributed by atoms with Crippen molar-refractivity contribution in [1.82, 2.24) is 15.1 Å². The van der Waals surface area contributed by atoms with Crippen LogP contribution in [0.2, 0.25) is 0 Å². The van der Waals surface area contributed by atoms with Crippen LogP contribution in [0.25, 0.3) is 0 Å². The van der Waals surface area contributed by atoms with Crippen molar-refractivity contribution in [3.8, 4) is 0 Å². The van der Waals surface area contributed by atoms with Crippen molar-refractivity contribution in [1.29, 1.82) is 0 Å². The summed E-state index contributed by atoms with van der Waals surface area (Å²) in [6, 6.07) is 2.35. The first-order valence-corrected chi connectivity index (χ1v) is 7.10. The number of nitrogens with zero attached hydrogens (tertiary/aromatic N) is 2. The van der Waals surface area contributed by atoms with Crippen molar-refractivity contribution >= 4 is 0 Å². The second-order valence-electron chi connectivity index (χ2n) is 5.00. The van der Waals surface area contributed by atoms with E-state index in [1.54, 1.807) is 0 Å². The molecule has 1 unspecified atom stereocenters. The SMILES string of the molecule is CCOC1(C(NC)c2ccnn2CC)CCCC1. The number of aromatic nitrogens is 2. The molecule has 18 heavy (non-hydrogen) atoms. The van der Waals surface area contributed by atoms with Crippen molar-refractivity contribution < 1.29 is 4.74 Å². The van der Waals surface area contributed by atoms with Crippen molar-refractivity contribution in [2.75, 3.05) is 13.7 Å². The van der Waals surface area contributed by atoms with Gasteiger partial charge in [-0.2, -0.15) is 5.10 Å². The van der Waals surface area contributed by atoms with E-state index in [1.165, 1.54) is 18.5 Å². The summed E-state index contributed by atoms with van der Waals surface area (Å²) in [5.74, 6) is 0. The van der Waals surface area contributed by atoms with Crippen molar-refractivity contribution in [3.63, 3.8) is 0 Å². The van der Waals surface area contributed by atoms with Gasteiger partial charge in [0.2, 0.25) is 0 Å². The zero-order valence-corrected chi connectivity index (χ0v) is 11.8. The van der Waals surface area contributed by atoms with Gasteiger partial charge in [-0.15, -0.1) is 0 Å². The Kier molecular flexibility index (Phi) is 4.40. The molecule has 1 N–H and O–H groups in total. The molecule has 1 heterocycles. The average Bonchev–Trinajstić information content (AvgIpc) is 3.01. The van der Waals surface area contributed by atoms with Crippen molar-refractivity contribution in [2.24, 2.45) is 0 Å². The Morgan fingerprint density at radius 2 is 2.17 bits per heavy atom. The molecule has 1 fully saturated rings. The van der Waals surface area contributed by atoms with Gasteiger partial charge in [0.25, 0.3) is 0 Å². The van der Waals surface area contributed by atoms with Crippen LogP contribution in [-0.4, -0.2) is 29.0 Å². The van der Waals surface area contributed by atoms with Gasteiger partial charge in [-0.05, 0) is 39.8 Å². The fourth-order valence-electron chi connectivity index (χ4n) is 3.31. The van der Waals surface area contributed by atoms with Crippen LogP contribution in [0.5, 0.6) is 0 Å². The van der Waals surface area contributed by atoms with Crippen LogP contribution in [0.4, 0.5) is 0 Å². The smallest absolute Gasteiger partial charge is 0.0891 e. The molecule has 102 valence electrons. The van der Waals surface area contributed by atoms with Crippen LogP contribution >= 0.6 is 0 Å². The molecule has 0 spiro atoms. The fourth-order valence-corrected chi connectivity index (χ4v) is 3.31. The lowest BCUT2D eigenvalue weighted by Gasteiger charge is -2.37. The average molecular weight is 251 g/mol. The second-order valence-corrected chi connectivity index (χ2v) is 5.00. The zero-order valence-electron chi connectivity index (χ0n) is 11.8. The van der Waals surface area contributed by atoms with Crippen molar-refractivity contribution in [2.45, 2.75) is 57.7 Å². The zero-order chi connectivity index (χ0) is 13.0. The lowest BCUT2D eigenvalue weighted by atomic mass is 9.89. The van der Waals surface area contributed by atoms with Gasteiger partial charge in [-0.25, -0.2) is 0 Å². The highest BCUT2D eigenvalue weighted by molar-refractivity contribution is 5.14. The number of rotatable bonds is 6. The molecule has 0 saturated heterocycles. The summed E-state index contributed by atoms with van der Waals surface area (Å²) in [5.41, 5.74) is 1.20. The molecule has 1 aromatic rings. The quantitative estimate of drug-likeness (QED) is 0.844. The maximum Gasteiger partial charge on any atom is 0.0891 e. The number of aryl methyl sites for hydroxylation is 1. The van der Waals surface area contributed by atoms with Gasteiger partial charge in [0.1, 0.15) is 0 Å². The third kappa shape index (κ3) is 2.31. The number of ether oxygens (including phenoxy) is 1. The van der Waals surface area contributed by atoms with Gasteiger partial charge in [0, 0.05) is 19.3 Å². The molecule has 4 nitrogen and oxygen atoms in total. The highest BCUT2D eigenvalue weighted by Crippen LogP contribution is 2.42. The first-order chi connectivity index (χ1) is 8.77. The number of nitrogens with one attached hydrogen (secondary N) is 1. The van der Waals surface area contributed by atoms with Crippen molar-refractivity contribution in [3.05, 3.63) is 18.0 Å². The number of likely N-dealkylation sites (N-methyl/N-ethyl adjacent to an activating group) is 1. The maximum absolute atomic E-state index is 6.16. The Hall–Kier alpha value is -0.870. The van der Waals surface area contributed by atoms with E-state index in [0.717, 1.165) is 26.0 Å². The van der Waals surface area contributed by atoms with Crippen LogP contribution in [0.15, 0.2) is 12.3 Å². The van der Waals surface area contributed by atoms with Gasteiger partial charge < -0.3 is 10.1 Å². The Morgan fingerprint density at radius 1 is 1.44 bits per heavy atom. The highest BCUT2D eigenvalue weighted by atomic mass is 16.5. The molecule has 1 aliphatic carbocycles.